The third-order valence-electron chi connectivity index (χ3n) is 4.57. The second kappa shape index (κ2) is 7.58. The summed E-state index contributed by atoms with van der Waals surface area (Å²) in [5.74, 6) is -0.190. The van der Waals surface area contributed by atoms with Crippen LogP contribution in [0.25, 0.3) is 0 Å². The number of carbonyl (C=O) groups excluding carboxylic acids is 2. The molecule has 3 rings (SSSR count). The van der Waals surface area contributed by atoms with Crippen LogP contribution in [0.15, 0.2) is 11.6 Å². The second-order valence-corrected chi connectivity index (χ2v) is 7.52. The molecule has 2 aliphatic rings. The Morgan fingerprint density at radius 3 is 2.96 bits per heavy atom. The molecule has 0 bridgehead atoms. The highest BCUT2D eigenvalue weighted by Gasteiger charge is 2.40. The molecule has 24 heavy (non-hydrogen) atoms. The maximum absolute atomic E-state index is 12.6. The number of carbonyl (C=O) groups is 2. The Morgan fingerprint density at radius 2 is 2.25 bits per heavy atom. The molecule has 1 saturated carbocycles. The van der Waals surface area contributed by atoms with Crippen LogP contribution in [0.3, 0.4) is 0 Å². The Kier molecular flexibility index (Phi) is 5.47. The Balaban J connectivity index is 1.52. The standard InChI is InChI=1S/C16H24N4O3S/c1-16(14(22)18-12-4-2-3-5-12)11-20(7-8-23-16)10-13(21)19-15-17-6-9-24-15/h6,9,12H,2-5,7-8,10-11H2,1H3,(H,18,22)(H,17,19,21). The predicted octanol–water partition coefficient (Wildman–Crippen LogP) is 1.23. The van der Waals surface area contributed by atoms with Gasteiger partial charge in [0.2, 0.25) is 5.91 Å². The summed E-state index contributed by atoms with van der Waals surface area (Å²) in [4.78, 5) is 30.7. The number of nitrogens with one attached hydrogen (secondary N) is 2. The molecular weight excluding hydrogens is 328 g/mol. The van der Waals surface area contributed by atoms with Crippen LogP contribution < -0.4 is 10.6 Å². The first-order chi connectivity index (χ1) is 11.5. The lowest BCUT2D eigenvalue weighted by molar-refractivity contribution is -0.158. The van der Waals surface area contributed by atoms with Crippen molar-refractivity contribution in [3.05, 3.63) is 11.6 Å². The number of rotatable bonds is 5. The summed E-state index contributed by atoms with van der Waals surface area (Å²) in [6.07, 6.45) is 6.08. The van der Waals surface area contributed by atoms with Gasteiger partial charge in [0.25, 0.3) is 5.91 Å². The molecule has 1 aromatic rings. The van der Waals surface area contributed by atoms with E-state index in [0.29, 0.717) is 24.8 Å². The van der Waals surface area contributed by atoms with E-state index >= 15 is 0 Å². The van der Waals surface area contributed by atoms with Gasteiger partial charge in [-0.25, -0.2) is 4.98 Å². The number of thiazole rings is 1. The van der Waals surface area contributed by atoms with E-state index in [1.165, 1.54) is 24.2 Å². The van der Waals surface area contributed by atoms with E-state index in [4.69, 9.17) is 4.74 Å². The van der Waals surface area contributed by atoms with Crippen LogP contribution in [0.1, 0.15) is 32.6 Å². The van der Waals surface area contributed by atoms with Crippen molar-refractivity contribution in [3.8, 4) is 0 Å². The van der Waals surface area contributed by atoms with E-state index in [1.807, 2.05) is 17.2 Å². The molecule has 1 unspecified atom stereocenters. The molecule has 2 fully saturated rings. The van der Waals surface area contributed by atoms with Crippen molar-refractivity contribution in [2.75, 3.05) is 31.6 Å². The zero-order valence-electron chi connectivity index (χ0n) is 13.9. The minimum absolute atomic E-state index is 0.0700. The Hall–Kier alpha value is -1.51. The largest absolute Gasteiger partial charge is 0.363 e. The average Bonchev–Trinajstić information content (AvgIpc) is 3.21. The summed E-state index contributed by atoms with van der Waals surface area (Å²) in [6, 6.07) is 0.265. The quantitative estimate of drug-likeness (QED) is 0.833. The van der Waals surface area contributed by atoms with E-state index < -0.39 is 5.60 Å². The summed E-state index contributed by atoms with van der Waals surface area (Å²) >= 11 is 1.39. The van der Waals surface area contributed by atoms with Crippen LogP contribution in [-0.4, -0.2) is 59.6 Å². The van der Waals surface area contributed by atoms with E-state index in [0.717, 1.165) is 12.8 Å². The van der Waals surface area contributed by atoms with E-state index in [-0.39, 0.29) is 24.4 Å². The first-order valence-electron chi connectivity index (χ1n) is 8.42. The third-order valence-corrected chi connectivity index (χ3v) is 5.26. The maximum Gasteiger partial charge on any atom is 0.253 e. The number of hydrogen-bond donors (Lipinski definition) is 2. The van der Waals surface area contributed by atoms with Gasteiger partial charge in [-0.1, -0.05) is 12.8 Å². The van der Waals surface area contributed by atoms with Gasteiger partial charge in [0.05, 0.1) is 13.2 Å². The number of aromatic nitrogens is 1. The van der Waals surface area contributed by atoms with Gasteiger partial charge in [0, 0.05) is 30.7 Å². The fraction of sp³-hybridized carbons (Fsp3) is 0.688. The summed E-state index contributed by atoms with van der Waals surface area (Å²) < 4.78 is 5.76. The highest BCUT2D eigenvalue weighted by Crippen LogP contribution is 2.22. The second-order valence-electron chi connectivity index (χ2n) is 6.63. The monoisotopic (exact) mass is 352 g/mol. The molecule has 2 heterocycles. The molecular formula is C16H24N4O3S. The normalized spacial score (nSPS) is 25.5. The predicted molar refractivity (Wildman–Crippen MR) is 91.9 cm³/mol. The summed E-state index contributed by atoms with van der Waals surface area (Å²) in [6.45, 7) is 3.53. The fourth-order valence-electron chi connectivity index (χ4n) is 3.28. The molecule has 0 radical (unpaired) electrons. The van der Waals surface area contributed by atoms with Crippen LogP contribution in [-0.2, 0) is 14.3 Å². The topological polar surface area (TPSA) is 83.6 Å². The van der Waals surface area contributed by atoms with Crippen LogP contribution >= 0.6 is 11.3 Å². The van der Waals surface area contributed by atoms with E-state index in [2.05, 4.69) is 15.6 Å². The number of amides is 2. The number of morpholine rings is 1. The molecule has 1 aliphatic heterocycles. The minimum atomic E-state index is -0.900. The summed E-state index contributed by atoms with van der Waals surface area (Å²) in [7, 11) is 0. The van der Waals surface area contributed by atoms with Crippen molar-refractivity contribution in [1.82, 2.24) is 15.2 Å². The van der Waals surface area contributed by atoms with E-state index in [1.54, 1.807) is 6.20 Å². The van der Waals surface area contributed by atoms with Gasteiger partial charge in [0.1, 0.15) is 0 Å². The highest BCUT2D eigenvalue weighted by atomic mass is 32.1. The molecule has 1 atom stereocenters. The Bertz CT molecular complexity index is 574. The van der Waals surface area contributed by atoms with Crippen LogP contribution in [0, 0.1) is 0 Å². The molecule has 2 N–H and O–H groups in total. The summed E-state index contributed by atoms with van der Waals surface area (Å²) in [5.41, 5.74) is -0.900. The molecule has 1 saturated heterocycles. The lowest BCUT2D eigenvalue weighted by atomic mass is 10.0. The smallest absolute Gasteiger partial charge is 0.253 e. The van der Waals surface area contributed by atoms with Crippen LogP contribution in [0.2, 0.25) is 0 Å². The number of ether oxygens (including phenoxy) is 1. The van der Waals surface area contributed by atoms with Crippen LogP contribution in [0.4, 0.5) is 5.13 Å². The molecule has 1 aliphatic carbocycles. The number of hydrogen-bond acceptors (Lipinski definition) is 6. The lowest BCUT2D eigenvalue weighted by Crippen LogP contribution is -2.60. The molecule has 8 heteroatoms. The van der Waals surface area contributed by atoms with Gasteiger partial charge in [-0.05, 0) is 19.8 Å². The highest BCUT2D eigenvalue weighted by molar-refractivity contribution is 7.13. The van der Waals surface area contributed by atoms with Gasteiger partial charge >= 0.3 is 0 Å². The van der Waals surface area contributed by atoms with Gasteiger partial charge < -0.3 is 15.4 Å². The first-order valence-corrected chi connectivity index (χ1v) is 9.30. The van der Waals surface area contributed by atoms with Crippen molar-refractivity contribution in [1.29, 1.82) is 0 Å². The molecule has 7 nitrogen and oxygen atoms in total. The van der Waals surface area contributed by atoms with Gasteiger partial charge in [-0.3, -0.25) is 14.5 Å². The third kappa shape index (κ3) is 4.31. The average molecular weight is 352 g/mol. The molecule has 2 amide bonds. The lowest BCUT2D eigenvalue weighted by Gasteiger charge is -2.39. The number of anilines is 1. The van der Waals surface area contributed by atoms with E-state index in [9.17, 15) is 9.59 Å². The van der Waals surface area contributed by atoms with Crippen molar-refractivity contribution in [2.45, 2.75) is 44.2 Å². The molecule has 0 spiro atoms. The minimum Gasteiger partial charge on any atom is -0.363 e. The maximum atomic E-state index is 12.6. The SMILES string of the molecule is CC1(C(=O)NC2CCCC2)CN(CC(=O)Nc2nccs2)CCO1. The Labute approximate surface area is 145 Å². The zero-order chi connectivity index (χ0) is 17.0. The zero-order valence-corrected chi connectivity index (χ0v) is 14.7. The number of nitrogens with zero attached hydrogens (tertiary/aromatic N) is 2. The van der Waals surface area contributed by atoms with Gasteiger partial charge in [-0.2, -0.15) is 0 Å². The van der Waals surface area contributed by atoms with Gasteiger partial charge in [-0.15, -0.1) is 11.3 Å². The first kappa shape index (κ1) is 17.3. The van der Waals surface area contributed by atoms with Crippen molar-refractivity contribution >= 4 is 28.3 Å². The van der Waals surface area contributed by atoms with Crippen molar-refractivity contribution in [2.24, 2.45) is 0 Å². The molecule has 132 valence electrons. The molecule has 1 aromatic heterocycles. The van der Waals surface area contributed by atoms with Crippen molar-refractivity contribution < 1.29 is 14.3 Å². The summed E-state index contributed by atoms with van der Waals surface area (Å²) in [5, 5.41) is 8.28. The Morgan fingerprint density at radius 1 is 1.46 bits per heavy atom. The van der Waals surface area contributed by atoms with Crippen LogP contribution in [0.5, 0.6) is 0 Å². The fourth-order valence-corrected chi connectivity index (χ4v) is 3.82. The van der Waals surface area contributed by atoms with Gasteiger partial charge in [0.15, 0.2) is 10.7 Å². The molecule has 0 aromatic carbocycles. The van der Waals surface area contributed by atoms with Crippen molar-refractivity contribution in [3.63, 3.8) is 0 Å².